The average Bonchev–Trinajstić information content (AvgIpc) is 3.07. The molecular weight excluding hydrogens is 464 g/mol. The number of hydrogen-bond donors (Lipinski definition) is 0. The van der Waals surface area contributed by atoms with Crippen molar-refractivity contribution in [1.29, 1.82) is 0 Å². The van der Waals surface area contributed by atoms with Gasteiger partial charge in [-0.1, -0.05) is 18.2 Å². The molecule has 0 aromatic heterocycles. The summed E-state index contributed by atoms with van der Waals surface area (Å²) < 4.78 is 27.1. The highest BCUT2D eigenvalue weighted by atomic mass is 32.2. The lowest BCUT2D eigenvalue weighted by atomic mass is 10.1. The van der Waals surface area contributed by atoms with Crippen LogP contribution in [0.4, 0.5) is 13.6 Å². The highest BCUT2D eigenvalue weighted by Crippen LogP contribution is 2.33. The largest absolute Gasteiger partial charge is 0.339 e. The second-order valence-corrected chi connectivity index (χ2v) is 8.92. The maximum atomic E-state index is 14.0. The van der Waals surface area contributed by atoms with Crippen LogP contribution in [0.1, 0.15) is 28.4 Å². The molecule has 2 aromatic carbocycles. The Kier molecular flexibility index (Phi) is 6.78. The summed E-state index contributed by atoms with van der Waals surface area (Å²) in [6.07, 6.45) is 1.51. The SMILES string of the molecule is CC(=O)N1CCN(C(=O)c2cccc(/C=C3\SC(=O)N(Cc4ccc(F)cc4F)C3=O)c2)CC1. The van der Waals surface area contributed by atoms with Gasteiger partial charge in [0.15, 0.2) is 0 Å². The Balaban J connectivity index is 1.47. The van der Waals surface area contributed by atoms with Gasteiger partial charge in [0.2, 0.25) is 5.91 Å². The molecule has 2 saturated heterocycles. The van der Waals surface area contributed by atoms with Crippen molar-refractivity contribution in [3.63, 3.8) is 0 Å². The van der Waals surface area contributed by atoms with E-state index in [1.807, 2.05) is 0 Å². The molecule has 4 amide bonds. The molecule has 0 aliphatic carbocycles. The maximum absolute atomic E-state index is 14.0. The number of carbonyl (C=O) groups is 4. The van der Waals surface area contributed by atoms with Gasteiger partial charge in [-0.2, -0.15) is 0 Å². The highest BCUT2D eigenvalue weighted by Gasteiger charge is 2.35. The second-order valence-electron chi connectivity index (χ2n) is 7.93. The molecule has 10 heteroatoms. The van der Waals surface area contributed by atoms with Crippen molar-refractivity contribution in [2.24, 2.45) is 0 Å². The van der Waals surface area contributed by atoms with Crippen LogP contribution in [0.15, 0.2) is 47.4 Å². The van der Waals surface area contributed by atoms with E-state index >= 15 is 0 Å². The zero-order chi connectivity index (χ0) is 24.4. The van der Waals surface area contributed by atoms with Gasteiger partial charge in [0.1, 0.15) is 11.6 Å². The van der Waals surface area contributed by atoms with Crippen LogP contribution in [0, 0.1) is 11.6 Å². The van der Waals surface area contributed by atoms with Crippen molar-refractivity contribution in [3.8, 4) is 0 Å². The summed E-state index contributed by atoms with van der Waals surface area (Å²) in [5.74, 6) is -2.37. The number of carbonyl (C=O) groups excluding carboxylic acids is 4. The average molecular weight is 486 g/mol. The van der Waals surface area contributed by atoms with Crippen LogP contribution in [-0.2, 0) is 16.1 Å². The van der Waals surface area contributed by atoms with E-state index in [4.69, 9.17) is 0 Å². The molecule has 2 aliphatic heterocycles. The van der Waals surface area contributed by atoms with Gasteiger partial charge >= 0.3 is 0 Å². The van der Waals surface area contributed by atoms with Gasteiger partial charge in [-0.25, -0.2) is 8.78 Å². The Morgan fingerprint density at radius 2 is 1.71 bits per heavy atom. The van der Waals surface area contributed by atoms with Gasteiger partial charge in [-0.3, -0.25) is 24.1 Å². The van der Waals surface area contributed by atoms with E-state index in [0.717, 1.165) is 22.7 Å². The van der Waals surface area contributed by atoms with E-state index in [9.17, 15) is 28.0 Å². The third-order valence-electron chi connectivity index (χ3n) is 5.66. The van der Waals surface area contributed by atoms with Crippen LogP contribution in [0.2, 0.25) is 0 Å². The molecule has 7 nitrogen and oxygen atoms in total. The normalized spacial score (nSPS) is 17.6. The number of halogens is 2. The number of thioether (sulfide) groups is 1. The van der Waals surface area contributed by atoms with E-state index in [1.54, 1.807) is 34.1 Å². The van der Waals surface area contributed by atoms with E-state index in [1.165, 1.54) is 19.1 Å². The van der Waals surface area contributed by atoms with E-state index in [2.05, 4.69) is 0 Å². The standard InChI is InChI=1S/C24H21F2N3O4S/c1-15(30)27-7-9-28(10-8-27)22(31)17-4-2-3-16(11-17)12-21-23(32)29(24(33)34-21)14-18-5-6-19(25)13-20(18)26/h2-6,11-13H,7-10,14H2,1H3/b21-12-. The minimum atomic E-state index is -0.835. The molecule has 2 heterocycles. The van der Waals surface area contributed by atoms with Crippen LogP contribution < -0.4 is 0 Å². The Hall–Kier alpha value is -3.53. The number of rotatable bonds is 4. The number of imide groups is 1. The Morgan fingerprint density at radius 3 is 2.38 bits per heavy atom. The second kappa shape index (κ2) is 9.76. The fourth-order valence-corrected chi connectivity index (χ4v) is 4.61. The predicted octanol–water partition coefficient (Wildman–Crippen LogP) is 3.51. The minimum absolute atomic E-state index is 0.0230. The summed E-state index contributed by atoms with van der Waals surface area (Å²) in [5.41, 5.74) is 1.02. The summed E-state index contributed by atoms with van der Waals surface area (Å²) in [5, 5.41) is -0.560. The number of hydrogen-bond acceptors (Lipinski definition) is 5. The first-order valence-corrected chi connectivity index (χ1v) is 11.4. The van der Waals surface area contributed by atoms with Gasteiger partial charge in [0.05, 0.1) is 11.4 Å². The first-order chi connectivity index (χ1) is 16.2. The Bertz CT molecular complexity index is 1210. The lowest BCUT2D eigenvalue weighted by Crippen LogP contribution is -2.50. The first-order valence-electron chi connectivity index (χ1n) is 10.6. The molecule has 0 bridgehead atoms. The molecule has 0 atom stereocenters. The zero-order valence-corrected chi connectivity index (χ0v) is 19.1. The number of piperazine rings is 1. The summed E-state index contributed by atoms with van der Waals surface area (Å²) >= 11 is 0.719. The van der Waals surface area contributed by atoms with E-state index in [-0.39, 0.29) is 28.8 Å². The Labute approximate surface area is 199 Å². The zero-order valence-electron chi connectivity index (χ0n) is 18.3. The van der Waals surface area contributed by atoms with Crippen molar-refractivity contribution in [2.75, 3.05) is 26.2 Å². The fourth-order valence-electron chi connectivity index (χ4n) is 3.78. The van der Waals surface area contributed by atoms with Crippen molar-refractivity contribution >= 4 is 40.8 Å². The maximum Gasteiger partial charge on any atom is 0.293 e. The third-order valence-corrected chi connectivity index (χ3v) is 6.57. The lowest BCUT2D eigenvalue weighted by molar-refractivity contribution is -0.130. The van der Waals surface area contributed by atoms with Gasteiger partial charge in [-0.15, -0.1) is 0 Å². The molecule has 0 unspecified atom stereocenters. The molecule has 4 rings (SSSR count). The predicted molar refractivity (Wildman–Crippen MR) is 122 cm³/mol. The smallest absolute Gasteiger partial charge is 0.293 e. The van der Waals surface area contributed by atoms with E-state index in [0.29, 0.717) is 43.4 Å². The summed E-state index contributed by atoms with van der Waals surface area (Å²) in [7, 11) is 0. The van der Waals surface area contributed by atoms with Crippen LogP contribution >= 0.6 is 11.8 Å². The summed E-state index contributed by atoms with van der Waals surface area (Å²) in [6, 6.07) is 9.65. The molecular formula is C24H21F2N3O4S. The topological polar surface area (TPSA) is 78.0 Å². The molecule has 0 radical (unpaired) electrons. The molecule has 2 aromatic rings. The number of nitrogens with zero attached hydrogens (tertiary/aromatic N) is 3. The first kappa shape index (κ1) is 23.6. The molecule has 0 N–H and O–H groups in total. The molecule has 2 aliphatic rings. The van der Waals surface area contributed by atoms with Crippen LogP contribution in [0.25, 0.3) is 6.08 Å². The summed E-state index contributed by atoms with van der Waals surface area (Å²) in [4.78, 5) is 53.9. The van der Waals surface area contributed by atoms with Crippen molar-refractivity contribution in [2.45, 2.75) is 13.5 Å². The van der Waals surface area contributed by atoms with Gasteiger partial charge in [0.25, 0.3) is 17.1 Å². The molecule has 176 valence electrons. The molecule has 0 saturated carbocycles. The molecule has 34 heavy (non-hydrogen) atoms. The quantitative estimate of drug-likeness (QED) is 0.620. The van der Waals surface area contributed by atoms with Crippen molar-refractivity contribution in [1.82, 2.24) is 14.7 Å². The van der Waals surface area contributed by atoms with Gasteiger partial charge in [0, 0.05) is 50.3 Å². The summed E-state index contributed by atoms with van der Waals surface area (Å²) in [6.45, 7) is 3.01. The number of benzene rings is 2. The Morgan fingerprint density at radius 1 is 1.00 bits per heavy atom. The monoisotopic (exact) mass is 485 g/mol. The minimum Gasteiger partial charge on any atom is -0.339 e. The highest BCUT2D eigenvalue weighted by molar-refractivity contribution is 8.18. The molecule has 2 fully saturated rings. The van der Waals surface area contributed by atoms with Crippen molar-refractivity contribution < 1.29 is 28.0 Å². The fraction of sp³-hybridized carbons (Fsp3) is 0.250. The lowest BCUT2D eigenvalue weighted by Gasteiger charge is -2.34. The molecule has 0 spiro atoms. The number of amides is 4. The van der Waals surface area contributed by atoms with Gasteiger partial charge in [-0.05, 0) is 41.6 Å². The van der Waals surface area contributed by atoms with Crippen molar-refractivity contribution in [3.05, 3.63) is 75.7 Å². The van der Waals surface area contributed by atoms with Crippen LogP contribution in [0.3, 0.4) is 0 Å². The van der Waals surface area contributed by atoms with Crippen LogP contribution in [-0.4, -0.2) is 63.8 Å². The third kappa shape index (κ3) is 5.01. The van der Waals surface area contributed by atoms with Gasteiger partial charge < -0.3 is 9.80 Å². The van der Waals surface area contributed by atoms with E-state index < -0.39 is 22.8 Å². The van der Waals surface area contributed by atoms with Crippen LogP contribution in [0.5, 0.6) is 0 Å².